The summed E-state index contributed by atoms with van der Waals surface area (Å²) in [4.78, 5) is 9.49. The minimum absolute atomic E-state index is 0.356. The normalized spacial score (nSPS) is 32.6. The Hall–Kier alpha value is -0.358. The summed E-state index contributed by atoms with van der Waals surface area (Å²) in [5, 5.41) is 14.0. The van der Waals surface area contributed by atoms with Gasteiger partial charge < -0.3 is 0 Å². The Kier molecular flexibility index (Phi) is 5.05. The van der Waals surface area contributed by atoms with Gasteiger partial charge in [0, 0.05) is 0 Å². The van der Waals surface area contributed by atoms with Crippen LogP contribution in [0.25, 0.3) is 10.9 Å². The molecule has 2 aliphatic rings. The predicted octanol–water partition coefficient (Wildman–Crippen LogP) is 2.15. The number of nitriles is 1. The van der Waals surface area contributed by atoms with Crippen LogP contribution in [-0.4, -0.2) is 73.1 Å². The van der Waals surface area contributed by atoms with Crippen LogP contribution in [0.5, 0.6) is 0 Å². The van der Waals surface area contributed by atoms with Crippen LogP contribution >= 0.6 is 23.1 Å². The van der Waals surface area contributed by atoms with E-state index in [-0.39, 0.29) is 12.2 Å². The summed E-state index contributed by atoms with van der Waals surface area (Å²) >= 11 is 3.39. The molecule has 7 nitrogen and oxygen atoms in total. The van der Waals surface area contributed by atoms with Crippen molar-refractivity contribution in [3.05, 3.63) is 16.6 Å². The standard InChI is InChI=1S/C16H16N3O4S2.Tl/c1-15(2)22-11-9(4-20)21-16(6-17,12(11)23-15)13-10-8(5-25-13)14(24-3)19-7-18-10;/h5,7,9,11-12H,4H2,1-3H3;/q-1;+1/t9-,11-,12-,16-;/m1./s1. The summed E-state index contributed by atoms with van der Waals surface area (Å²) in [6.07, 6.45) is 2.24. The second-order valence-corrected chi connectivity index (χ2v) is 9.54. The van der Waals surface area contributed by atoms with E-state index in [1.54, 1.807) is 11.8 Å². The quantitative estimate of drug-likeness (QED) is 0.308. The maximum absolute atomic E-state index is 10.2. The Labute approximate surface area is 175 Å². The zero-order chi connectivity index (χ0) is 18.5. The molecule has 4 atom stereocenters. The number of thioether (sulfide) groups is 1. The number of fused-ring (bicyclic) bond motifs is 2. The molecule has 0 bridgehead atoms. The molecule has 2 fully saturated rings. The molecule has 0 unspecified atom stereocenters. The van der Waals surface area contributed by atoms with Gasteiger partial charge in [0.25, 0.3) is 0 Å². The zero-order valence-corrected chi connectivity index (χ0v) is 20.6. The maximum atomic E-state index is 10.2. The van der Waals surface area contributed by atoms with Crippen LogP contribution in [0.3, 0.4) is 0 Å². The van der Waals surface area contributed by atoms with Crippen molar-refractivity contribution in [2.45, 2.75) is 48.6 Å². The average Bonchev–Trinajstić information content (AvgIpc) is 3.26. The third-order valence-corrected chi connectivity index (χ3v) is 7.09. The number of ether oxygens (including phenoxy) is 3. The van der Waals surface area contributed by atoms with E-state index < -0.39 is 17.5 Å². The number of hydrogen-bond donors (Lipinski definition) is 0. The van der Waals surface area contributed by atoms with Crippen molar-refractivity contribution < 1.29 is 16.9 Å². The molecule has 10 heteroatoms. The minimum atomic E-state index is -1.28. The van der Waals surface area contributed by atoms with Crippen molar-refractivity contribution in [1.82, 2.24) is 9.97 Å². The van der Waals surface area contributed by atoms with Gasteiger partial charge in [0.15, 0.2) is 0 Å². The van der Waals surface area contributed by atoms with Gasteiger partial charge in [-0.25, -0.2) is 0 Å². The topological polar surface area (TPSA) is 86.5 Å². The Morgan fingerprint density at radius 3 is 2.88 bits per heavy atom. The fourth-order valence-corrected chi connectivity index (χ4v) is 6.02. The number of aromatic nitrogens is 2. The van der Waals surface area contributed by atoms with Crippen molar-refractivity contribution in [3.8, 4) is 6.07 Å². The van der Waals surface area contributed by atoms with E-state index in [0.717, 1.165) is 20.8 Å². The molecule has 26 heavy (non-hydrogen) atoms. The molecule has 4 rings (SSSR count). The Bertz CT molecular complexity index is 886. The van der Waals surface area contributed by atoms with Crippen LogP contribution < -0.4 is 0 Å². The molecule has 2 aliphatic heterocycles. The Balaban J connectivity index is 1.87. The number of nitrogens with zero attached hydrogens (tertiary/aromatic N) is 3. The summed E-state index contributed by atoms with van der Waals surface area (Å²) in [5.74, 6) is -0.778. The molecule has 0 N–H and O–H groups in total. The first kappa shape index (κ1) is 19.0. The van der Waals surface area contributed by atoms with Gasteiger partial charge in [0.05, 0.1) is 0 Å². The Morgan fingerprint density at radius 2 is 2.19 bits per heavy atom. The van der Waals surface area contributed by atoms with E-state index >= 15 is 0 Å². The molecule has 0 saturated carbocycles. The molecule has 2 aromatic rings. The molecular formula is C16H16N3O4S2Tl. The molecule has 134 valence electrons. The van der Waals surface area contributed by atoms with Crippen molar-refractivity contribution in [1.29, 1.82) is 5.26 Å². The molecule has 2 aromatic heterocycles. The summed E-state index contributed by atoms with van der Waals surface area (Å²) < 4.78 is 23.9. The average molecular weight is 583 g/mol. The zero-order valence-electron chi connectivity index (χ0n) is 14.5. The third-order valence-electron chi connectivity index (χ3n) is 4.55. The van der Waals surface area contributed by atoms with Crippen LogP contribution in [0.15, 0.2) is 16.7 Å². The molecule has 2 saturated heterocycles. The summed E-state index contributed by atoms with van der Waals surface area (Å²) in [6, 6.07) is 2.38. The van der Waals surface area contributed by atoms with Gasteiger partial charge in [-0.3, -0.25) is 0 Å². The van der Waals surface area contributed by atoms with E-state index in [1.165, 1.54) is 17.7 Å². The first-order valence-electron chi connectivity index (χ1n) is 7.99. The molecule has 0 aliphatic carbocycles. The first-order valence-corrected chi connectivity index (χ1v) is 11.9. The molecule has 0 aromatic carbocycles. The van der Waals surface area contributed by atoms with Gasteiger partial charge in [-0.05, 0) is 0 Å². The molecule has 0 spiro atoms. The fraction of sp³-hybridized carbons (Fsp3) is 0.562. The first-order chi connectivity index (χ1) is 12.5. The van der Waals surface area contributed by atoms with Crippen molar-refractivity contribution in [3.63, 3.8) is 0 Å². The van der Waals surface area contributed by atoms with Crippen LogP contribution in [0.1, 0.15) is 18.7 Å². The van der Waals surface area contributed by atoms with Gasteiger partial charge in [0.1, 0.15) is 0 Å². The van der Waals surface area contributed by atoms with E-state index in [2.05, 4.69) is 16.0 Å². The van der Waals surface area contributed by atoms with E-state index in [1.807, 2.05) is 25.5 Å². The van der Waals surface area contributed by atoms with Gasteiger partial charge in [0.2, 0.25) is 0 Å². The fourth-order valence-electron chi connectivity index (χ4n) is 3.56. The van der Waals surface area contributed by atoms with Crippen LogP contribution in [0.4, 0.5) is 0 Å². The van der Waals surface area contributed by atoms with Crippen molar-refractivity contribution in [2.75, 3.05) is 12.9 Å². The van der Waals surface area contributed by atoms with E-state index in [0.29, 0.717) is 32.8 Å². The number of rotatable bonds is 4. The van der Waals surface area contributed by atoms with Gasteiger partial charge in [-0.1, -0.05) is 0 Å². The van der Waals surface area contributed by atoms with Crippen molar-refractivity contribution >= 4 is 60.2 Å². The van der Waals surface area contributed by atoms with Gasteiger partial charge in [-0.2, -0.15) is 0 Å². The second-order valence-electron chi connectivity index (χ2n) is 6.57. The predicted molar refractivity (Wildman–Crippen MR) is 96.9 cm³/mol. The molecule has 4 heterocycles. The number of thiophene rings is 1. The molecular weight excluding hydrogens is 567 g/mol. The number of hydrogen-bond acceptors (Lipinski definition) is 9. The van der Waals surface area contributed by atoms with Crippen LogP contribution in [-0.2, 0) is 22.5 Å². The van der Waals surface area contributed by atoms with Crippen LogP contribution in [0.2, 0.25) is 0 Å². The van der Waals surface area contributed by atoms with Crippen molar-refractivity contribution in [2.24, 2.45) is 0 Å². The van der Waals surface area contributed by atoms with E-state index in [9.17, 15) is 5.26 Å². The second kappa shape index (κ2) is 6.91. The summed E-state index contributed by atoms with van der Waals surface area (Å²) in [7, 11) is 0. The third kappa shape index (κ3) is 2.81. The van der Waals surface area contributed by atoms with E-state index in [4.69, 9.17) is 16.9 Å². The summed E-state index contributed by atoms with van der Waals surface area (Å²) in [6.45, 7) is 4.10. The van der Waals surface area contributed by atoms with Gasteiger partial charge in [-0.15, -0.1) is 0 Å². The van der Waals surface area contributed by atoms with Gasteiger partial charge >= 0.3 is 176 Å². The molecule has 0 radical (unpaired) electrons. The molecule has 0 amide bonds. The summed E-state index contributed by atoms with van der Waals surface area (Å²) in [5.41, 5.74) is -0.541. The SMILES string of the molecule is CSc1ncnc2c([C@]3(C#N)O[C@H](C[O][Tl])[C@H]4OC(C)(C)O[C@H]43)scc12. The monoisotopic (exact) mass is 583 g/mol. The Morgan fingerprint density at radius 1 is 1.38 bits per heavy atom. The van der Waals surface area contributed by atoms with Crippen LogP contribution in [0, 0.1) is 11.3 Å².